The Labute approximate surface area is 181 Å². The van der Waals surface area contributed by atoms with E-state index in [2.05, 4.69) is 22.6 Å². The molecule has 0 spiro atoms. The summed E-state index contributed by atoms with van der Waals surface area (Å²) in [4.78, 5) is 14.1. The van der Waals surface area contributed by atoms with Crippen molar-refractivity contribution in [1.82, 2.24) is 5.16 Å². The number of carbonyl (C=O) groups excluding carboxylic acids is 1. The highest BCUT2D eigenvalue weighted by atomic mass is 16.5. The number of morpholine rings is 1. The number of hydrogen-bond donors (Lipinski definition) is 2. The molecule has 3 aromatic rings. The van der Waals surface area contributed by atoms with Crippen molar-refractivity contribution in [3.8, 4) is 5.75 Å². The van der Waals surface area contributed by atoms with Gasteiger partial charge in [-0.1, -0.05) is 17.3 Å². The van der Waals surface area contributed by atoms with Gasteiger partial charge in [-0.25, -0.2) is 0 Å². The first kappa shape index (κ1) is 21.1. The number of amides is 1. The van der Waals surface area contributed by atoms with E-state index < -0.39 is 0 Å². The van der Waals surface area contributed by atoms with E-state index in [0.717, 1.165) is 55.6 Å². The molecule has 2 N–H and O–H groups in total. The summed E-state index contributed by atoms with van der Waals surface area (Å²) in [7, 11) is 0. The van der Waals surface area contributed by atoms with Gasteiger partial charge in [-0.15, -0.1) is 0 Å². The summed E-state index contributed by atoms with van der Waals surface area (Å²) in [5.41, 5.74) is 4.39. The molecule has 7 heteroatoms. The third kappa shape index (κ3) is 5.51. The maximum atomic E-state index is 12.6. The van der Waals surface area contributed by atoms with Gasteiger partial charge in [-0.2, -0.15) is 0 Å². The van der Waals surface area contributed by atoms with Crippen LogP contribution in [0.15, 0.2) is 53.1 Å². The van der Waals surface area contributed by atoms with E-state index in [-0.39, 0.29) is 5.91 Å². The van der Waals surface area contributed by atoms with Gasteiger partial charge in [0.05, 0.1) is 24.5 Å². The molecule has 31 heavy (non-hydrogen) atoms. The summed E-state index contributed by atoms with van der Waals surface area (Å²) in [6.45, 7) is 8.84. The minimum absolute atomic E-state index is 0.149. The molecular weight excluding hydrogens is 394 g/mol. The van der Waals surface area contributed by atoms with Gasteiger partial charge >= 0.3 is 0 Å². The van der Waals surface area contributed by atoms with E-state index in [1.54, 1.807) is 24.3 Å². The van der Waals surface area contributed by atoms with Gasteiger partial charge in [0.25, 0.3) is 5.91 Å². The molecule has 162 valence electrons. The predicted molar refractivity (Wildman–Crippen MR) is 116 cm³/mol. The Morgan fingerprint density at radius 2 is 1.77 bits per heavy atom. The standard InChI is InChI=1S/C24H27N3O4/c1-17-23(18(2)31-26-17)16-30-22-9-5-20(6-10-22)24(28)25-21-7-3-19(4-8-21)15-27-11-13-29-14-12-27/h3-10H,11-16H2,1-2H3,(H,25,28)/p+1. The molecule has 0 atom stereocenters. The molecule has 4 rings (SSSR count). The maximum Gasteiger partial charge on any atom is 0.255 e. The van der Waals surface area contributed by atoms with Crippen LogP contribution in [0.4, 0.5) is 5.69 Å². The number of anilines is 1. The molecule has 1 saturated heterocycles. The van der Waals surface area contributed by atoms with Crippen LogP contribution in [-0.2, 0) is 17.9 Å². The Morgan fingerprint density at radius 3 is 2.42 bits per heavy atom. The van der Waals surface area contributed by atoms with Crippen LogP contribution in [0.5, 0.6) is 5.75 Å². The van der Waals surface area contributed by atoms with E-state index in [1.807, 2.05) is 26.0 Å². The summed E-state index contributed by atoms with van der Waals surface area (Å²) in [5.74, 6) is 1.29. The third-order valence-electron chi connectivity index (χ3n) is 5.55. The van der Waals surface area contributed by atoms with Gasteiger partial charge in [-0.3, -0.25) is 4.79 Å². The Morgan fingerprint density at radius 1 is 1.06 bits per heavy atom. The highest BCUT2D eigenvalue weighted by Crippen LogP contribution is 2.19. The molecule has 2 aromatic carbocycles. The van der Waals surface area contributed by atoms with Gasteiger partial charge < -0.3 is 24.2 Å². The first-order chi connectivity index (χ1) is 15.1. The van der Waals surface area contributed by atoms with E-state index in [9.17, 15) is 4.79 Å². The first-order valence-corrected chi connectivity index (χ1v) is 10.5. The minimum atomic E-state index is -0.149. The lowest BCUT2D eigenvalue weighted by atomic mass is 10.1. The molecule has 7 nitrogen and oxygen atoms in total. The number of benzene rings is 2. The van der Waals surface area contributed by atoms with Crippen molar-refractivity contribution in [3.63, 3.8) is 0 Å². The van der Waals surface area contributed by atoms with Gasteiger partial charge in [-0.05, 0) is 50.2 Å². The number of carbonyl (C=O) groups is 1. The Hall–Kier alpha value is -3.16. The number of aromatic nitrogens is 1. The normalized spacial score (nSPS) is 14.4. The van der Waals surface area contributed by atoms with Crippen LogP contribution in [-0.4, -0.2) is 37.4 Å². The van der Waals surface area contributed by atoms with Gasteiger partial charge in [0.2, 0.25) is 0 Å². The van der Waals surface area contributed by atoms with E-state index >= 15 is 0 Å². The van der Waals surface area contributed by atoms with Crippen molar-refractivity contribution in [3.05, 3.63) is 76.7 Å². The first-order valence-electron chi connectivity index (χ1n) is 10.5. The van der Waals surface area contributed by atoms with Crippen LogP contribution < -0.4 is 15.0 Å². The zero-order valence-electron chi connectivity index (χ0n) is 17.9. The van der Waals surface area contributed by atoms with Crippen molar-refractivity contribution >= 4 is 11.6 Å². The quantitative estimate of drug-likeness (QED) is 0.612. The zero-order valence-corrected chi connectivity index (χ0v) is 17.9. The fraction of sp³-hybridized carbons (Fsp3) is 0.333. The highest BCUT2D eigenvalue weighted by molar-refractivity contribution is 6.04. The van der Waals surface area contributed by atoms with E-state index in [1.165, 1.54) is 10.5 Å². The summed E-state index contributed by atoms with van der Waals surface area (Å²) < 4.78 is 16.4. The smallest absolute Gasteiger partial charge is 0.255 e. The fourth-order valence-electron chi connectivity index (χ4n) is 3.60. The maximum absolute atomic E-state index is 12.6. The fourth-order valence-corrected chi connectivity index (χ4v) is 3.60. The molecule has 0 radical (unpaired) electrons. The van der Waals surface area contributed by atoms with Crippen LogP contribution in [0, 0.1) is 13.8 Å². The molecular formula is C24H28N3O4+. The molecule has 1 aliphatic rings. The molecule has 0 saturated carbocycles. The molecule has 1 aromatic heterocycles. The van der Waals surface area contributed by atoms with Gasteiger partial charge in [0.1, 0.15) is 37.8 Å². The number of nitrogens with zero attached hydrogens (tertiary/aromatic N) is 1. The summed E-state index contributed by atoms with van der Waals surface area (Å²) in [6.07, 6.45) is 0. The van der Waals surface area contributed by atoms with Crippen LogP contribution in [0.1, 0.15) is 32.9 Å². The number of aryl methyl sites for hydroxylation is 2. The lowest BCUT2D eigenvalue weighted by molar-refractivity contribution is -0.921. The van der Waals surface area contributed by atoms with E-state index in [0.29, 0.717) is 17.9 Å². The molecule has 2 heterocycles. The van der Waals surface area contributed by atoms with E-state index in [4.69, 9.17) is 14.0 Å². The molecule has 0 unspecified atom stereocenters. The van der Waals surface area contributed by atoms with Crippen molar-refractivity contribution in [2.24, 2.45) is 0 Å². The topological polar surface area (TPSA) is 78.0 Å². The molecule has 1 amide bonds. The van der Waals surface area contributed by atoms with Crippen molar-refractivity contribution in [1.29, 1.82) is 0 Å². The van der Waals surface area contributed by atoms with Crippen LogP contribution >= 0.6 is 0 Å². The predicted octanol–water partition coefficient (Wildman–Crippen LogP) is 2.54. The third-order valence-corrected chi connectivity index (χ3v) is 5.55. The number of ether oxygens (including phenoxy) is 2. The van der Waals surface area contributed by atoms with Crippen LogP contribution in [0.25, 0.3) is 0 Å². The largest absolute Gasteiger partial charge is 0.489 e. The lowest BCUT2D eigenvalue weighted by Crippen LogP contribution is -3.12. The number of hydrogen-bond acceptors (Lipinski definition) is 5. The van der Waals surface area contributed by atoms with Gasteiger partial charge in [0, 0.05) is 16.8 Å². The second-order valence-corrected chi connectivity index (χ2v) is 7.81. The Bertz CT molecular complexity index is 987. The van der Waals surface area contributed by atoms with Crippen molar-refractivity contribution < 1.29 is 23.7 Å². The minimum Gasteiger partial charge on any atom is -0.489 e. The summed E-state index contributed by atoms with van der Waals surface area (Å²) >= 11 is 0. The van der Waals surface area contributed by atoms with Gasteiger partial charge in [0.15, 0.2) is 0 Å². The number of nitrogens with one attached hydrogen (secondary N) is 2. The molecule has 1 fully saturated rings. The summed E-state index contributed by atoms with van der Waals surface area (Å²) in [5, 5.41) is 6.88. The Kier molecular flexibility index (Phi) is 6.64. The van der Waals surface area contributed by atoms with Crippen molar-refractivity contribution in [2.45, 2.75) is 27.0 Å². The van der Waals surface area contributed by atoms with Crippen LogP contribution in [0.2, 0.25) is 0 Å². The second-order valence-electron chi connectivity index (χ2n) is 7.81. The highest BCUT2D eigenvalue weighted by Gasteiger charge is 2.14. The second kappa shape index (κ2) is 9.76. The Balaban J connectivity index is 1.30. The van der Waals surface area contributed by atoms with Crippen molar-refractivity contribution in [2.75, 3.05) is 31.6 Å². The van der Waals surface area contributed by atoms with Crippen LogP contribution in [0.3, 0.4) is 0 Å². The monoisotopic (exact) mass is 422 g/mol. The zero-order chi connectivity index (χ0) is 21.6. The number of quaternary nitrogens is 1. The molecule has 0 bridgehead atoms. The SMILES string of the molecule is Cc1noc(C)c1COc1ccc(C(=O)Nc2ccc(C[NH+]3CCOCC3)cc2)cc1. The summed E-state index contributed by atoms with van der Waals surface area (Å²) in [6, 6.07) is 15.2. The average Bonchev–Trinajstić information content (AvgIpc) is 3.12. The average molecular weight is 423 g/mol. The lowest BCUT2D eigenvalue weighted by Gasteiger charge is -2.23. The number of rotatable bonds is 7. The molecule has 0 aliphatic carbocycles. The molecule has 1 aliphatic heterocycles.